The number of carbonyl (C=O) groups excluding carboxylic acids is 1. The van der Waals surface area contributed by atoms with Crippen molar-refractivity contribution in [2.75, 3.05) is 0 Å². The van der Waals surface area contributed by atoms with Crippen LogP contribution in [-0.4, -0.2) is 32.4 Å². The standard InChI is InChI=1S/C16H12F3N3O4/c1-8(15(24)25)20-14(23)12-6-22-5-10(9-2-3-26-7-9)4-11(13(22)21-12)16(17,18)19/h2-8H,1H3,(H,20,23)(H,24,25). The van der Waals surface area contributed by atoms with Crippen molar-refractivity contribution in [1.29, 1.82) is 0 Å². The van der Waals surface area contributed by atoms with Gasteiger partial charge in [-0.1, -0.05) is 0 Å². The van der Waals surface area contributed by atoms with Gasteiger partial charge in [0.05, 0.1) is 18.1 Å². The van der Waals surface area contributed by atoms with Crippen molar-refractivity contribution < 1.29 is 32.3 Å². The summed E-state index contributed by atoms with van der Waals surface area (Å²) < 4.78 is 46.2. The van der Waals surface area contributed by atoms with Crippen LogP contribution in [0.15, 0.2) is 41.5 Å². The summed E-state index contributed by atoms with van der Waals surface area (Å²) in [5, 5.41) is 11.0. The van der Waals surface area contributed by atoms with E-state index in [1.54, 1.807) is 0 Å². The van der Waals surface area contributed by atoms with E-state index in [1.807, 2.05) is 0 Å². The normalized spacial score (nSPS) is 12.9. The van der Waals surface area contributed by atoms with Crippen LogP contribution in [0.25, 0.3) is 16.8 Å². The molecule has 0 spiro atoms. The van der Waals surface area contributed by atoms with E-state index in [0.29, 0.717) is 5.56 Å². The predicted octanol–water partition coefficient (Wildman–Crippen LogP) is 2.82. The van der Waals surface area contributed by atoms with Crippen LogP contribution in [0.2, 0.25) is 0 Å². The van der Waals surface area contributed by atoms with E-state index in [9.17, 15) is 22.8 Å². The second kappa shape index (κ2) is 6.21. The molecule has 3 heterocycles. The van der Waals surface area contributed by atoms with Gasteiger partial charge in [-0.25, -0.2) is 4.98 Å². The lowest BCUT2D eigenvalue weighted by molar-refractivity contribution is -0.139. The number of carboxylic acid groups (broad SMARTS) is 1. The summed E-state index contributed by atoms with van der Waals surface area (Å²) >= 11 is 0. The highest BCUT2D eigenvalue weighted by Crippen LogP contribution is 2.35. The minimum atomic E-state index is -4.70. The maximum absolute atomic E-state index is 13.4. The minimum Gasteiger partial charge on any atom is -0.480 e. The molecule has 136 valence electrons. The number of fused-ring (bicyclic) bond motifs is 1. The smallest absolute Gasteiger partial charge is 0.420 e. The molecular weight excluding hydrogens is 355 g/mol. The Balaban J connectivity index is 2.10. The SMILES string of the molecule is CC(NC(=O)c1cn2cc(-c3ccoc3)cc(C(F)(F)F)c2n1)C(=O)O. The molecule has 0 fully saturated rings. The van der Waals surface area contributed by atoms with Gasteiger partial charge in [0, 0.05) is 23.5 Å². The number of imidazole rings is 1. The fourth-order valence-electron chi connectivity index (χ4n) is 2.34. The van der Waals surface area contributed by atoms with E-state index in [-0.39, 0.29) is 11.3 Å². The minimum absolute atomic E-state index is 0.224. The van der Waals surface area contributed by atoms with Crippen LogP contribution in [0.5, 0.6) is 0 Å². The molecule has 3 rings (SSSR count). The van der Waals surface area contributed by atoms with Gasteiger partial charge in [0.2, 0.25) is 0 Å². The molecule has 26 heavy (non-hydrogen) atoms. The lowest BCUT2D eigenvalue weighted by Gasteiger charge is -2.10. The maximum atomic E-state index is 13.4. The lowest BCUT2D eigenvalue weighted by Crippen LogP contribution is -2.38. The zero-order chi connectivity index (χ0) is 19.1. The van der Waals surface area contributed by atoms with Gasteiger partial charge in [-0.05, 0) is 19.1 Å². The van der Waals surface area contributed by atoms with Crippen molar-refractivity contribution in [3.8, 4) is 11.1 Å². The molecule has 1 amide bonds. The van der Waals surface area contributed by atoms with Crippen LogP contribution < -0.4 is 5.32 Å². The number of amides is 1. The average molecular weight is 367 g/mol. The van der Waals surface area contributed by atoms with Gasteiger partial charge < -0.3 is 19.2 Å². The van der Waals surface area contributed by atoms with Gasteiger partial charge in [-0.3, -0.25) is 9.59 Å². The number of aliphatic carboxylic acids is 1. The Labute approximate surface area is 144 Å². The first-order chi connectivity index (χ1) is 12.2. The summed E-state index contributed by atoms with van der Waals surface area (Å²) in [4.78, 5) is 26.6. The van der Waals surface area contributed by atoms with Crippen molar-refractivity contribution in [2.45, 2.75) is 19.1 Å². The Kier molecular flexibility index (Phi) is 4.18. The van der Waals surface area contributed by atoms with Gasteiger partial charge in [-0.15, -0.1) is 0 Å². The molecule has 0 radical (unpaired) electrons. The zero-order valence-corrected chi connectivity index (χ0v) is 13.2. The number of nitrogens with one attached hydrogen (secondary N) is 1. The largest absolute Gasteiger partial charge is 0.480 e. The average Bonchev–Trinajstić information content (AvgIpc) is 3.21. The van der Waals surface area contributed by atoms with Gasteiger partial charge in [0.15, 0.2) is 0 Å². The maximum Gasteiger partial charge on any atom is 0.420 e. The van der Waals surface area contributed by atoms with Crippen molar-refractivity contribution >= 4 is 17.5 Å². The van der Waals surface area contributed by atoms with Crippen molar-refractivity contribution in [1.82, 2.24) is 14.7 Å². The molecule has 3 aromatic rings. The van der Waals surface area contributed by atoms with Crippen molar-refractivity contribution in [3.63, 3.8) is 0 Å². The number of rotatable bonds is 4. The third-order valence-corrected chi connectivity index (χ3v) is 3.66. The highest BCUT2D eigenvalue weighted by Gasteiger charge is 2.35. The first kappa shape index (κ1) is 17.5. The molecule has 10 heteroatoms. The third kappa shape index (κ3) is 3.25. The van der Waals surface area contributed by atoms with Crippen LogP contribution in [0, 0.1) is 0 Å². The second-order valence-corrected chi connectivity index (χ2v) is 5.54. The molecule has 0 saturated carbocycles. The summed E-state index contributed by atoms with van der Waals surface area (Å²) in [6.45, 7) is 1.23. The van der Waals surface area contributed by atoms with E-state index in [2.05, 4.69) is 10.3 Å². The number of hydrogen-bond donors (Lipinski definition) is 2. The highest BCUT2D eigenvalue weighted by molar-refractivity contribution is 5.95. The second-order valence-electron chi connectivity index (χ2n) is 5.54. The zero-order valence-electron chi connectivity index (χ0n) is 13.2. The predicted molar refractivity (Wildman–Crippen MR) is 82.5 cm³/mol. The van der Waals surface area contributed by atoms with Crippen LogP contribution >= 0.6 is 0 Å². The molecule has 0 aliphatic rings. The number of aromatic nitrogens is 2. The topological polar surface area (TPSA) is 96.8 Å². The van der Waals surface area contributed by atoms with Crippen molar-refractivity contribution in [3.05, 3.63) is 48.3 Å². The Morgan fingerprint density at radius 1 is 1.31 bits per heavy atom. The van der Waals surface area contributed by atoms with E-state index in [0.717, 1.165) is 16.7 Å². The number of hydrogen-bond acceptors (Lipinski definition) is 4. The van der Waals surface area contributed by atoms with Gasteiger partial charge in [-0.2, -0.15) is 13.2 Å². The molecule has 1 atom stereocenters. The number of alkyl halides is 3. The van der Waals surface area contributed by atoms with Gasteiger partial charge in [0.25, 0.3) is 5.91 Å². The Morgan fingerprint density at radius 3 is 2.62 bits per heavy atom. The van der Waals surface area contributed by atoms with Gasteiger partial charge in [0.1, 0.15) is 17.4 Å². The first-order valence-electron chi connectivity index (χ1n) is 7.33. The van der Waals surface area contributed by atoms with Gasteiger partial charge >= 0.3 is 12.1 Å². The third-order valence-electron chi connectivity index (χ3n) is 3.66. The molecule has 3 aromatic heterocycles. The Bertz CT molecular complexity index is 977. The fourth-order valence-corrected chi connectivity index (χ4v) is 2.34. The molecule has 0 saturated heterocycles. The molecule has 0 aliphatic heterocycles. The molecule has 1 unspecified atom stereocenters. The lowest BCUT2D eigenvalue weighted by atomic mass is 10.1. The monoisotopic (exact) mass is 367 g/mol. The Hall–Kier alpha value is -3.30. The quantitative estimate of drug-likeness (QED) is 0.739. The van der Waals surface area contributed by atoms with E-state index >= 15 is 0 Å². The van der Waals surface area contributed by atoms with Crippen LogP contribution in [0.3, 0.4) is 0 Å². The highest BCUT2D eigenvalue weighted by atomic mass is 19.4. The first-order valence-corrected chi connectivity index (χ1v) is 7.33. The fraction of sp³-hybridized carbons (Fsp3) is 0.188. The molecule has 7 nitrogen and oxygen atoms in total. The van der Waals surface area contributed by atoms with E-state index in [1.165, 1.54) is 31.7 Å². The van der Waals surface area contributed by atoms with Crippen molar-refractivity contribution in [2.24, 2.45) is 0 Å². The van der Waals surface area contributed by atoms with E-state index in [4.69, 9.17) is 9.52 Å². The Morgan fingerprint density at radius 2 is 2.04 bits per heavy atom. The number of carbonyl (C=O) groups is 2. The molecular formula is C16H12F3N3O4. The van der Waals surface area contributed by atoms with Crippen LogP contribution in [-0.2, 0) is 11.0 Å². The molecule has 0 bridgehead atoms. The summed E-state index contributed by atoms with van der Waals surface area (Å²) in [5.74, 6) is -2.16. The number of halogens is 3. The molecule has 0 aromatic carbocycles. The molecule has 2 N–H and O–H groups in total. The summed E-state index contributed by atoms with van der Waals surface area (Å²) in [6.07, 6.45) is 0.402. The van der Waals surface area contributed by atoms with Crippen LogP contribution in [0.4, 0.5) is 13.2 Å². The summed E-state index contributed by atoms with van der Waals surface area (Å²) in [5.41, 5.74) is -1.16. The van der Waals surface area contributed by atoms with Crippen LogP contribution in [0.1, 0.15) is 23.0 Å². The number of pyridine rings is 1. The number of furan rings is 1. The number of nitrogens with zero attached hydrogens (tertiary/aromatic N) is 2. The summed E-state index contributed by atoms with van der Waals surface area (Å²) in [7, 11) is 0. The van der Waals surface area contributed by atoms with E-state index < -0.39 is 35.3 Å². The summed E-state index contributed by atoms with van der Waals surface area (Å²) in [6, 6.07) is 1.20. The number of carboxylic acids is 1. The molecule has 0 aliphatic carbocycles.